The molecule has 2 unspecified atom stereocenters. The summed E-state index contributed by atoms with van der Waals surface area (Å²) < 4.78 is 0. The van der Waals surface area contributed by atoms with Crippen molar-refractivity contribution in [2.75, 3.05) is 26.7 Å². The van der Waals surface area contributed by atoms with E-state index in [4.69, 9.17) is 0 Å². The Hall–Kier alpha value is -0.870. The molecule has 1 amide bonds. The fourth-order valence-electron chi connectivity index (χ4n) is 3.57. The lowest BCUT2D eigenvalue weighted by molar-refractivity contribution is -0.132. The third-order valence-electron chi connectivity index (χ3n) is 4.66. The second-order valence-corrected chi connectivity index (χ2v) is 7.18. The molecule has 0 radical (unpaired) electrons. The molecule has 2 heterocycles. The van der Waals surface area contributed by atoms with Crippen molar-refractivity contribution in [3.63, 3.8) is 0 Å². The molecule has 2 aliphatic rings. The molecule has 3 rings (SSSR count). The summed E-state index contributed by atoms with van der Waals surface area (Å²) in [6.45, 7) is 3.10. The van der Waals surface area contributed by atoms with E-state index in [1.165, 1.54) is 23.3 Å². The average molecular weight is 292 g/mol. The smallest absolute Gasteiger partial charge is 0.229 e. The maximum Gasteiger partial charge on any atom is 0.229 e. The molecule has 0 spiro atoms. The Kier molecular flexibility index (Phi) is 4.41. The van der Waals surface area contributed by atoms with Gasteiger partial charge in [-0.1, -0.05) is 0 Å². The van der Waals surface area contributed by atoms with E-state index in [1.807, 2.05) is 23.3 Å². The molecule has 3 nitrogen and oxygen atoms in total. The number of nitrogens with zero attached hydrogens (tertiary/aromatic N) is 1. The van der Waals surface area contributed by atoms with Crippen molar-refractivity contribution in [1.82, 2.24) is 10.2 Å². The molecule has 1 aromatic heterocycles. The van der Waals surface area contributed by atoms with Crippen molar-refractivity contribution in [2.45, 2.75) is 38.0 Å². The number of aryl methyl sites for hydroxylation is 1. The van der Waals surface area contributed by atoms with Crippen LogP contribution in [0, 0.1) is 5.92 Å². The quantitative estimate of drug-likeness (QED) is 0.929. The summed E-state index contributed by atoms with van der Waals surface area (Å²) in [5, 5.41) is 5.57. The third kappa shape index (κ3) is 2.91. The van der Waals surface area contributed by atoms with Crippen molar-refractivity contribution >= 4 is 17.2 Å². The van der Waals surface area contributed by atoms with Crippen LogP contribution in [0.3, 0.4) is 0 Å². The number of amides is 1. The molecular formula is C16H24N2OS. The molecule has 1 aliphatic carbocycles. The van der Waals surface area contributed by atoms with Gasteiger partial charge < -0.3 is 10.2 Å². The summed E-state index contributed by atoms with van der Waals surface area (Å²) in [4.78, 5) is 16.2. The van der Waals surface area contributed by atoms with Gasteiger partial charge in [0.2, 0.25) is 5.91 Å². The summed E-state index contributed by atoms with van der Waals surface area (Å²) in [5.74, 6) is 1.07. The van der Waals surface area contributed by atoms with Crippen molar-refractivity contribution in [3.05, 3.63) is 21.9 Å². The van der Waals surface area contributed by atoms with Crippen LogP contribution >= 0.6 is 11.3 Å². The zero-order chi connectivity index (χ0) is 13.9. The minimum atomic E-state index is 0.117. The van der Waals surface area contributed by atoms with Crippen LogP contribution < -0.4 is 5.32 Å². The Morgan fingerprint density at radius 3 is 3.15 bits per heavy atom. The number of hydrogen-bond acceptors (Lipinski definition) is 3. The number of likely N-dealkylation sites (N-methyl/N-ethyl adjacent to an activating group) is 1. The first-order valence-corrected chi connectivity index (χ1v) is 8.65. The lowest BCUT2D eigenvalue weighted by Crippen LogP contribution is -2.41. The molecule has 4 heteroatoms. The van der Waals surface area contributed by atoms with E-state index in [2.05, 4.69) is 16.8 Å². The van der Waals surface area contributed by atoms with Gasteiger partial charge in [-0.25, -0.2) is 0 Å². The SMILES string of the molecule is CN(CC1CCCNC1)C(=O)C1CCCc2sccc21. The highest BCUT2D eigenvalue weighted by atomic mass is 32.1. The molecule has 1 aliphatic heterocycles. The maximum atomic E-state index is 12.7. The summed E-state index contributed by atoms with van der Waals surface area (Å²) in [6.07, 6.45) is 5.83. The predicted octanol–water partition coefficient (Wildman–Crippen LogP) is 2.63. The van der Waals surface area contributed by atoms with E-state index < -0.39 is 0 Å². The Morgan fingerprint density at radius 2 is 2.35 bits per heavy atom. The first-order valence-electron chi connectivity index (χ1n) is 7.77. The van der Waals surface area contributed by atoms with Crippen LogP contribution in [0.5, 0.6) is 0 Å². The summed E-state index contributed by atoms with van der Waals surface area (Å²) in [6, 6.07) is 2.16. The number of carbonyl (C=O) groups excluding carboxylic acids is 1. The fraction of sp³-hybridized carbons (Fsp3) is 0.688. The van der Waals surface area contributed by atoms with Gasteiger partial charge in [0.1, 0.15) is 0 Å². The second-order valence-electron chi connectivity index (χ2n) is 6.18. The number of hydrogen-bond donors (Lipinski definition) is 1. The number of fused-ring (bicyclic) bond motifs is 1. The van der Waals surface area contributed by atoms with Gasteiger partial charge in [0.25, 0.3) is 0 Å². The highest BCUT2D eigenvalue weighted by molar-refractivity contribution is 7.10. The fourth-order valence-corrected chi connectivity index (χ4v) is 4.55. The van der Waals surface area contributed by atoms with Gasteiger partial charge in [-0.15, -0.1) is 11.3 Å². The van der Waals surface area contributed by atoms with Gasteiger partial charge >= 0.3 is 0 Å². The standard InChI is InChI=1S/C16H24N2OS/c1-18(11-12-4-3-8-17-10-12)16(19)14-5-2-6-15-13(14)7-9-20-15/h7,9,12,14,17H,2-6,8,10-11H2,1H3. The van der Waals surface area contributed by atoms with Gasteiger partial charge in [0, 0.05) is 18.5 Å². The molecule has 0 saturated carbocycles. The van der Waals surface area contributed by atoms with Gasteiger partial charge in [0.05, 0.1) is 5.92 Å². The highest BCUT2D eigenvalue weighted by Crippen LogP contribution is 2.36. The molecule has 1 aromatic rings. The molecule has 110 valence electrons. The number of thiophene rings is 1. The van der Waals surface area contributed by atoms with E-state index in [0.29, 0.717) is 11.8 Å². The zero-order valence-electron chi connectivity index (χ0n) is 12.2. The van der Waals surface area contributed by atoms with Crippen LogP contribution in [0.15, 0.2) is 11.4 Å². The lowest BCUT2D eigenvalue weighted by atomic mass is 9.86. The summed E-state index contributed by atoms with van der Waals surface area (Å²) in [5.41, 5.74) is 1.31. The van der Waals surface area contributed by atoms with Gasteiger partial charge in [-0.05, 0) is 68.1 Å². The first kappa shape index (κ1) is 14.1. The normalized spacial score (nSPS) is 26.1. The number of piperidine rings is 1. The average Bonchev–Trinajstić information content (AvgIpc) is 2.96. The van der Waals surface area contributed by atoms with E-state index >= 15 is 0 Å². The number of nitrogens with one attached hydrogen (secondary N) is 1. The molecular weight excluding hydrogens is 268 g/mol. The molecule has 0 aromatic carbocycles. The Labute approximate surface area is 125 Å². The topological polar surface area (TPSA) is 32.3 Å². The maximum absolute atomic E-state index is 12.7. The highest BCUT2D eigenvalue weighted by Gasteiger charge is 2.30. The second kappa shape index (κ2) is 6.27. The van der Waals surface area contributed by atoms with Gasteiger partial charge in [-0.2, -0.15) is 0 Å². The van der Waals surface area contributed by atoms with E-state index in [0.717, 1.165) is 38.9 Å². The Bertz CT molecular complexity index is 465. The van der Waals surface area contributed by atoms with E-state index in [-0.39, 0.29) is 5.92 Å². The largest absolute Gasteiger partial charge is 0.345 e. The summed E-state index contributed by atoms with van der Waals surface area (Å²) >= 11 is 1.81. The lowest BCUT2D eigenvalue weighted by Gasteiger charge is -2.31. The molecule has 1 fully saturated rings. The van der Waals surface area contributed by atoms with E-state index in [9.17, 15) is 4.79 Å². The summed E-state index contributed by atoms with van der Waals surface area (Å²) in [7, 11) is 1.98. The Morgan fingerprint density at radius 1 is 1.45 bits per heavy atom. The van der Waals surface area contributed by atoms with Crippen molar-refractivity contribution in [2.24, 2.45) is 5.92 Å². The Balaban J connectivity index is 1.64. The third-order valence-corrected chi connectivity index (χ3v) is 5.65. The number of carbonyl (C=O) groups is 1. The minimum absolute atomic E-state index is 0.117. The number of rotatable bonds is 3. The molecule has 1 N–H and O–H groups in total. The monoisotopic (exact) mass is 292 g/mol. The first-order chi connectivity index (χ1) is 9.75. The van der Waals surface area contributed by atoms with Crippen LogP contribution in [0.2, 0.25) is 0 Å². The molecule has 20 heavy (non-hydrogen) atoms. The van der Waals surface area contributed by atoms with Gasteiger partial charge in [-0.3, -0.25) is 4.79 Å². The van der Waals surface area contributed by atoms with Crippen molar-refractivity contribution < 1.29 is 4.79 Å². The van der Waals surface area contributed by atoms with Crippen LogP contribution in [0.1, 0.15) is 42.0 Å². The van der Waals surface area contributed by atoms with Gasteiger partial charge in [0.15, 0.2) is 0 Å². The molecule has 2 atom stereocenters. The molecule has 0 bridgehead atoms. The van der Waals surface area contributed by atoms with Crippen LogP contribution in [0.4, 0.5) is 0 Å². The van der Waals surface area contributed by atoms with Crippen molar-refractivity contribution in [1.29, 1.82) is 0 Å². The van der Waals surface area contributed by atoms with Crippen LogP contribution in [0.25, 0.3) is 0 Å². The van der Waals surface area contributed by atoms with Crippen molar-refractivity contribution in [3.8, 4) is 0 Å². The predicted molar refractivity (Wildman–Crippen MR) is 83.2 cm³/mol. The van der Waals surface area contributed by atoms with Crippen LogP contribution in [-0.4, -0.2) is 37.5 Å². The minimum Gasteiger partial charge on any atom is -0.345 e. The zero-order valence-corrected chi connectivity index (χ0v) is 13.0. The van der Waals surface area contributed by atoms with E-state index in [1.54, 1.807) is 0 Å². The van der Waals surface area contributed by atoms with Crippen LogP contribution in [-0.2, 0) is 11.2 Å². The molecule has 1 saturated heterocycles.